The Kier molecular flexibility index (Phi) is 4.97. The normalized spacial score (nSPS) is 23.7. The van der Waals surface area contributed by atoms with Crippen molar-refractivity contribution >= 4 is 39.2 Å². The fraction of sp³-hybridized carbons (Fsp3) is 0.462. The summed E-state index contributed by atoms with van der Waals surface area (Å²) in [4.78, 5) is 12.8. The fourth-order valence-corrected chi connectivity index (χ4v) is 3.58. The van der Waals surface area contributed by atoms with Gasteiger partial charge in [-0.15, -0.1) is 11.3 Å². The Balaban J connectivity index is 1.86. The number of carbonyl (C=O) groups is 1. The molecule has 1 saturated carbocycles. The molecule has 18 heavy (non-hydrogen) atoms. The zero-order valence-electron chi connectivity index (χ0n) is 9.93. The zero-order chi connectivity index (χ0) is 13.0. The highest BCUT2D eigenvalue weighted by atomic mass is 79.9. The molecule has 2 atom stereocenters. The van der Waals surface area contributed by atoms with Crippen molar-refractivity contribution in [1.29, 1.82) is 0 Å². The molecular formula is C13H16BrNO2S. The van der Waals surface area contributed by atoms with Gasteiger partial charge in [0.1, 0.15) is 0 Å². The van der Waals surface area contributed by atoms with E-state index in [-0.39, 0.29) is 24.5 Å². The summed E-state index contributed by atoms with van der Waals surface area (Å²) >= 11 is 4.97. The number of hydrogen-bond acceptors (Lipinski definition) is 3. The van der Waals surface area contributed by atoms with Crippen molar-refractivity contribution in [3.8, 4) is 0 Å². The molecule has 1 aliphatic carbocycles. The maximum Gasteiger partial charge on any atom is 0.244 e. The van der Waals surface area contributed by atoms with Crippen LogP contribution in [0, 0.1) is 5.92 Å². The highest BCUT2D eigenvalue weighted by Crippen LogP contribution is 2.25. The largest absolute Gasteiger partial charge is 0.396 e. The first-order chi connectivity index (χ1) is 8.69. The minimum absolute atomic E-state index is 0.0788. The molecule has 5 heteroatoms. The molecule has 0 aromatic carbocycles. The number of amides is 1. The van der Waals surface area contributed by atoms with Gasteiger partial charge in [0.2, 0.25) is 5.91 Å². The van der Waals surface area contributed by atoms with Gasteiger partial charge in [0.05, 0.1) is 3.79 Å². The van der Waals surface area contributed by atoms with Gasteiger partial charge in [-0.1, -0.05) is 6.42 Å². The van der Waals surface area contributed by atoms with E-state index in [0.717, 1.165) is 27.9 Å². The molecule has 2 rings (SSSR count). The summed E-state index contributed by atoms with van der Waals surface area (Å²) in [6.07, 6.45) is 6.43. The van der Waals surface area contributed by atoms with Gasteiger partial charge in [0, 0.05) is 29.5 Å². The van der Waals surface area contributed by atoms with Gasteiger partial charge in [0.25, 0.3) is 0 Å². The Morgan fingerprint density at radius 3 is 3.06 bits per heavy atom. The average Bonchev–Trinajstić information content (AvgIpc) is 2.95. The van der Waals surface area contributed by atoms with Crippen LogP contribution in [0.3, 0.4) is 0 Å². The summed E-state index contributed by atoms with van der Waals surface area (Å²) in [6.45, 7) is 0.159. The highest BCUT2D eigenvalue weighted by Gasteiger charge is 2.27. The maximum absolute atomic E-state index is 11.8. The number of halogens is 1. The van der Waals surface area contributed by atoms with Gasteiger partial charge in [0.15, 0.2) is 0 Å². The lowest BCUT2D eigenvalue weighted by molar-refractivity contribution is -0.117. The van der Waals surface area contributed by atoms with E-state index in [2.05, 4.69) is 21.2 Å². The topological polar surface area (TPSA) is 49.3 Å². The first kappa shape index (κ1) is 13.8. The molecule has 98 valence electrons. The van der Waals surface area contributed by atoms with E-state index in [0.29, 0.717) is 0 Å². The number of aliphatic hydroxyl groups is 1. The van der Waals surface area contributed by atoms with Crippen LogP contribution in [0.25, 0.3) is 6.08 Å². The van der Waals surface area contributed by atoms with E-state index >= 15 is 0 Å². The van der Waals surface area contributed by atoms with Crippen molar-refractivity contribution in [2.75, 3.05) is 6.61 Å². The monoisotopic (exact) mass is 329 g/mol. The molecule has 1 heterocycles. The van der Waals surface area contributed by atoms with Crippen molar-refractivity contribution in [3.05, 3.63) is 26.9 Å². The average molecular weight is 330 g/mol. The van der Waals surface area contributed by atoms with E-state index in [1.54, 1.807) is 17.4 Å². The molecule has 0 spiro atoms. The van der Waals surface area contributed by atoms with Crippen LogP contribution in [-0.4, -0.2) is 23.7 Å². The van der Waals surface area contributed by atoms with Crippen LogP contribution in [0.4, 0.5) is 0 Å². The molecule has 1 aromatic heterocycles. The molecule has 1 fully saturated rings. The Labute approximate surface area is 119 Å². The minimum atomic E-state index is -0.0788. The van der Waals surface area contributed by atoms with Gasteiger partial charge < -0.3 is 10.4 Å². The summed E-state index contributed by atoms with van der Waals surface area (Å²) in [7, 11) is 0. The Morgan fingerprint density at radius 1 is 1.56 bits per heavy atom. The lowest BCUT2D eigenvalue weighted by Gasteiger charge is -2.17. The molecule has 2 unspecified atom stereocenters. The van der Waals surface area contributed by atoms with Gasteiger partial charge in [-0.2, -0.15) is 0 Å². The number of carbonyl (C=O) groups excluding carboxylic acids is 1. The second kappa shape index (κ2) is 6.50. The molecule has 1 aromatic rings. The van der Waals surface area contributed by atoms with E-state index in [1.165, 1.54) is 0 Å². The third-order valence-corrected chi connectivity index (χ3v) is 4.80. The van der Waals surface area contributed by atoms with Crippen LogP contribution in [-0.2, 0) is 4.79 Å². The second-order valence-electron chi connectivity index (χ2n) is 4.46. The van der Waals surface area contributed by atoms with Crippen molar-refractivity contribution in [3.63, 3.8) is 0 Å². The standard InChI is InChI=1S/C13H16BrNO2S/c14-12-6-4-10(18-12)5-7-13(17)15-11-3-1-2-9(11)8-16/h4-7,9,11,16H,1-3,8H2,(H,15,17)/b7-5+. The molecule has 2 N–H and O–H groups in total. The quantitative estimate of drug-likeness (QED) is 0.834. The maximum atomic E-state index is 11.8. The Morgan fingerprint density at radius 2 is 2.39 bits per heavy atom. The van der Waals surface area contributed by atoms with Crippen molar-refractivity contribution in [2.45, 2.75) is 25.3 Å². The van der Waals surface area contributed by atoms with Crippen molar-refractivity contribution in [1.82, 2.24) is 5.32 Å². The highest BCUT2D eigenvalue weighted by molar-refractivity contribution is 9.11. The SMILES string of the molecule is O=C(/C=C/c1ccc(Br)s1)NC1CCCC1CO. The number of hydrogen-bond donors (Lipinski definition) is 2. The van der Waals surface area contributed by atoms with Crippen molar-refractivity contribution < 1.29 is 9.90 Å². The number of aliphatic hydroxyl groups excluding tert-OH is 1. The van der Waals surface area contributed by atoms with Crippen molar-refractivity contribution in [2.24, 2.45) is 5.92 Å². The third-order valence-electron chi connectivity index (χ3n) is 3.21. The van der Waals surface area contributed by atoms with Gasteiger partial charge in [-0.05, 0) is 47.0 Å². The summed E-state index contributed by atoms with van der Waals surface area (Å²) in [5.41, 5.74) is 0. The van der Waals surface area contributed by atoms with Crippen LogP contribution < -0.4 is 5.32 Å². The number of nitrogens with one attached hydrogen (secondary N) is 1. The first-order valence-corrected chi connectivity index (χ1v) is 7.65. The third kappa shape index (κ3) is 3.67. The molecule has 1 amide bonds. The minimum Gasteiger partial charge on any atom is -0.396 e. The summed E-state index contributed by atoms with van der Waals surface area (Å²) in [5, 5.41) is 12.2. The molecule has 3 nitrogen and oxygen atoms in total. The van der Waals surface area contributed by atoms with Crippen LogP contribution in [0.1, 0.15) is 24.1 Å². The molecule has 0 radical (unpaired) electrons. The summed E-state index contributed by atoms with van der Waals surface area (Å²) in [5.74, 6) is 0.142. The Bertz CT molecular complexity index is 444. The second-order valence-corrected chi connectivity index (χ2v) is 6.96. The molecule has 0 saturated heterocycles. The van der Waals surface area contributed by atoms with Gasteiger partial charge in [-0.25, -0.2) is 0 Å². The van der Waals surface area contributed by atoms with Gasteiger partial charge >= 0.3 is 0 Å². The van der Waals surface area contributed by atoms with E-state index < -0.39 is 0 Å². The van der Waals surface area contributed by atoms with Gasteiger partial charge in [-0.3, -0.25) is 4.79 Å². The Hall–Kier alpha value is -0.650. The molecule has 0 bridgehead atoms. The first-order valence-electron chi connectivity index (χ1n) is 6.04. The predicted molar refractivity (Wildman–Crippen MR) is 77.4 cm³/mol. The predicted octanol–water partition coefficient (Wildman–Crippen LogP) is 2.80. The fourth-order valence-electron chi connectivity index (χ4n) is 2.25. The number of thiophene rings is 1. The lowest BCUT2D eigenvalue weighted by Crippen LogP contribution is -2.37. The van der Waals surface area contributed by atoms with E-state index in [1.807, 2.05) is 18.2 Å². The smallest absolute Gasteiger partial charge is 0.244 e. The van der Waals surface area contributed by atoms with Crippen LogP contribution >= 0.6 is 27.3 Å². The number of rotatable bonds is 4. The van der Waals surface area contributed by atoms with Crippen LogP contribution in [0.5, 0.6) is 0 Å². The van der Waals surface area contributed by atoms with E-state index in [4.69, 9.17) is 0 Å². The zero-order valence-corrected chi connectivity index (χ0v) is 12.3. The molecule has 1 aliphatic rings. The van der Waals surface area contributed by atoms with E-state index in [9.17, 15) is 9.90 Å². The lowest BCUT2D eigenvalue weighted by atomic mass is 10.1. The summed E-state index contributed by atoms with van der Waals surface area (Å²) in [6, 6.07) is 4.05. The summed E-state index contributed by atoms with van der Waals surface area (Å²) < 4.78 is 1.05. The van der Waals surface area contributed by atoms with Crippen LogP contribution in [0.15, 0.2) is 22.0 Å². The molecule has 0 aliphatic heterocycles. The molecular weight excluding hydrogens is 314 g/mol. The van der Waals surface area contributed by atoms with Crippen LogP contribution in [0.2, 0.25) is 0 Å².